The van der Waals surface area contributed by atoms with Gasteiger partial charge in [0.15, 0.2) is 0 Å². The van der Waals surface area contributed by atoms with Gasteiger partial charge in [-0.2, -0.15) is 0 Å². The van der Waals surface area contributed by atoms with Crippen LogP contribution in [0.25, 0.3) is 11.8 Å². The molecular weight excluding hydrogens is 190 g/mol. The summed E-state index contributed by atoms with van der Waals surface area (Å²) in [6.07, 6.45) is 3.10. The molecule has 74 valence electrons. The number of rotatable bonds is 0. The Morgan fingerprint density at radius 3 is 2.93 bits per heavy atom. The summed E-state index contributed by atoms with van der Waals surface area (Å²) in [7, 11) is 0. The lowest BCUT2D eigenvalue weighted by Crippen LogP contribution is -2.32. The van der Waals surface area contributed by atoms with Crippen molar-refractivity contribution in [2.75, 3.05) is 6.54 Å². The molecule has 0 unspecified atom stereocenters. The minimum atomic E-state index is -0.888. The molecule has 3 rings (SSSR count). The van der Waals surface area contributed by atoms with Gasteiger partial charge in [-0.1, -0.05) is 30.3 Å². The van der Waals surface area contributed by atoms with Crippen molar-refractivity contribution in [2.24, 2.45) is 0 Å². The monoisotopic (exact) mass is 199 g/mol. The maximum Gasteiger partial charge on any atom is 0.412 e. The van der Waals surface area contributed by atoms with E-state index in [0.29, 0.717) is 6.54 Å². The zero-order valence-electron chi connectivity index (χ0n) is 7.97. The molecule has 3 heteroatoms. The van der Waals surface area contributed by atoms with Crippen LogP contribution in [0.2, 0.25) is 0 Å². The van der Waals surface area contributed by atoms with Gasteiger partial charge in [0, 0.05) is 11.8 Å². The molecule has 3 nitrogen and oxygen atoms in total. The lowest BCUT2D eigenvalue weighted by molar-refractivity contribution is 0.170. The molecule has 1 aliphatic carbocycles. The standard InChI is InChI=1S/C12H9NO2/c14-12(15)13-6-5-9-7-8-3-1-2-4-10(8)11(9)13/h1-5,7H,6H2,(H,14,15). The van der Waals surface area contributed by atoms with Crippen LogP contribution in [0.5, 0.6) is 0 Å². The molecule has 0 saturated carbocycles. The number of nitrogens with zero attached hydrogens (tertiary/aromatic N) is 1. The van der Waals surface area contributed by atoms with Crippen molar-refractivity contribution < 1.29 is 9.90 Å². The Hall–Kier alpha value is -2.03. The lowest BCUT2D eigenvalue weighted by Gasteiger charge is -2.13. The van der Waals surface area contributed by atoms with E-state index in [9.17, 15) is 4.79 Å². The van der Waals surface area contributed by atoms with E-state index in [1.807, 2.05) is 36.4 Å². The minimum absolute atomic E-state index is 0.463. The fourth-order valence-electron chi connectivity index (χ4n) is 2.14. The number of hydrogen-bond donors (Lipinski definition) is 1. The average molecular weight is 199 g/mol. The Kier molecular flexibility index (Phi) is 1.51. The van der Waals surface area contributed by atoms with Crippen LogP contribution in [-0.4, -0.2) is 22.6 Å². The summed E-state index contributed by atoms with van der Waals surface area (Å²) in [5.41, 5.74) is 1.86. The summed E-state index contributed by atoms with van der Waals surface area (Å²) in [5.74, 6) is 0. The largest absolute Gasteiger partial charge is 0.465 e. The Morgan fingerprint density at radius 1 is 1.33 bits per heavy atom. The van der Waals surface area contributed by atoms with Gasteiger partial charge >= 0.3 is 6.09 Å². The van der Waals surface area contributed by atoms with Gasteiger partial charge in [0.05, 0.1) is 5.70 Å². The van der Waals surface area contributed by atoms with Crippen molar-refractivity contribution in [3.05, 3.63) is 46.4 Å². The number of fused-ring (bicyclic) bond motifs is 2. The van der Waals surface area contributed by atoms with Crippen molar-refractivity contribution in [3.63, 3.8) is 0 Å². The van der Waals surface area contributed by atoms with E-state index in [4.69, 9.17) is 5.11 Å². The molecule has 0 spiro atoms. The third-order valence-corrected chi connectivity index (χ3v) is 2.79. The van der Waals surface area contributed by atoms with E-state index in [1.165, 1.54) is 4.90 Å². The Balaban J connectivity index is 2.34. The summed E-state index contributed by atoms with van der Waals surface area (Å²) in [4.78, 5) is 12.4. The van der Waals surface area contributed by atoms with E-state index in [2.05, 4.69) is 0 Å². The number of amides is 1. The number of benzene rings is 1. The zero-order chi connectivity index (χ0) is 10.4. The van der Waals surface area contributed by atoms with Gasteiger partial charge in [0.2, 0.25) is 0 Å². The van der Waals surface area contributed by atoms with E-state index in [0.717, 1.165) is 21.7 Å². The van der Waals surface area contributed by atoms with Gasteiger partial charge in [-0.05, 0) is 16.9 Å². The third kappa shape index (κ3) is 1.03. The molecule has 0 fully saturated rings. The molecule has 1 N–H and O–H groups in total. The lowest BCUT2D eigenvalue weighted by atomic mass is 10.2. The summed E-state index contributed by atoms with van der Waals surface area (Å²) in [6, 6.07) is 7.86. The minimum Gasteiger partial charge on any atom is -0.465 e. The smallest absolute Gasteiger partial charge is 0.412 e. The molecule has 15 heavy (non-hydrogen) atoms. The quantitative estimate of drug-likeness (QED) is 0.661. The van der Waals surface area contributed by atoms with Gasteiger partial charge in [-0.3, -0.25) is 4.90 Å². The summed E-state index contributed by atoms with van der Waals surface area (Å²) >= 11 is 0. The highest BCUT2D eigenvalue weighted by atomic mass is 16.4. The second-order valence-corrected chi connectivity index (χ2v) is 3.63. The summed E-state index contributed by atoms with van der Waals surface area (Å²) in [6.45, 7) is 0.463. The van der Waals surface area contributed by atoms with E-state index in [-0.39, 0.29) is 0 Å². The molecule has 0 aromatic heterocycles. The molecule has 1 heterocycles. The van der Waals surface area contributed by atoms with Gasteiger partial charge < -0.3 is 5.11 Å². The van der Waals surface area contributed by atoms with Crippen LogP contribution in [0.15, 0.2) is 35.9 Å². The van der Waals surface area contributed by atoms with Crippen molar-refractivity contribution in [1.82, 2.24) is 4.90 Å². The number of hydrogen-bond acceptors (Lipinski definition) is 1. The van der Waals surface area contributed by atoms with Gasteiger partial charge in [0.25, 0.3) is 0 Å². The van der Waals surface area contributed by atoms with Crippen molar-refractivity contribution in [3.8, 4) is 0 Å². The maximum atomic E-state index is 11.0. The predicted octanol–water partition coefficient (Wildman–Crippen LogP) is 0.509. The maximum absolute atomic E-state index is 11.0. The number of carboxylic acid groups (broad SMARTS) is 1. The molecular formula is C12H9NO2. The molecule has 2 aliphatic rings. The fraction of sp³-hybridized carbons (Fsp3) is 0.0833. The second kappa shape index (κ2) is 2.73. The summed E-state index contributed by atoms with van der Waals surface area (Å²) < 4.78 is 0. The van der Waals surface area contributed by atoms with Crippen LogP contribution in [0.1, 0.15) is 0 Å². The van der Waals surface area contributed by atoms with E-state index in [1.54, 1.807) is 0 Å². The highest BCUT2D eigenvalue weighted by Crippen LogP contribution is 2.25. The van der Waals surface area contributed by atoms with Crippen LogP contribution in [0.4, 0.5) is 4.79 Å². The van der Waals surface area contributed by atoms with Gasteiger partial charge in [0.1, 0.15) is 0 Å². The average Bonchev–Trinajstić information content (AvgIpc) is 2.74. The van der Waals surface area contributed by atoms with Crippen LogP contribution >= 0.6 is 0 Å². The first-order valence-corrected chi connectivity index (χ1v) is 4.79. The Labute approximate surface area is 86.3 Å². The van der Waals surface area contributed by atoms with Crippen LogP contribution < -0.4 is 10.4 Å². The molecule has 0 radical (unpaired) electrons. The highest BCUT2D eigenvalue weighted by molar-refractivity contribution is 5.91. The first kappa shape index (κ1) is 8.29. The number of carbonyl (C=O) groups is 1. The van der Waals surface area contributed by atoms with Crippen LogP contribution in [-0.2, 0) is 0 Å². The summed E-state index contributed by atoms with van der Waals surface area (Å²) in [5, 5.41) is 11.2. The van der Waals surface area contributed by atoms with Crippen LogP contribution in [0, 0.1) is 0 Å². The zero-order valence-corrected chi connectivity index (χ0v) is 7.97. The molecule has 0 bridgehead atoms. The predicted molar refractivity (Wildman–Crippen MR) is 56.4 cm³/mol. The molecule has 0 saturated heterocycles. The van der Waals surface area contributed by atoms with Crippen molar-refractivity contribution >= 4 is 17.9 Å². The van der Waals surface area contributed by atoms with E-state index >= 15 is 0 Å². The van der Waals surface area contributed by atoms with Crippen molar-refractivity contribution in [2.45, 2.75) is 0 Å². The second-order valence-electron chi connectivity index (χ2n) is 3.63. The third-order valence-electron chi connectivity index (χ3n) is 2.79. The Bertz CT molecular complexity index is 598. The van der Waals surface area contributed by atoms with Gasteiger partial charge in [-0.15, -0.1) is 0 Å². The fourth-order valence-corrected chi connectivity index (χ4v) is 2.14. The van der Waals surface area contributed by atoms with Gasteiger partial charge in [-0.25, -0.2) is 4.79 Å². The highest BCUT2D eigenvalue weighted by Gasteiger charge is 2.26. The Morgan fingerprint density at radius 2 is 2.13 bits per heavy atom. The SMILES string of the molecule is O=C(O)N1CC=C2C=c3ccccc3=C21. The first-order valence-electron chi connectivity index (χ1n) is 4.79. The molecule has 0 atom stereocenters. The van der Waals surface area contributed by atoms with Crippen LogP contribution in [0.3, 0.4) is 0 Å². The molecule has 1 aliphatic heterocycles. The molecule has 1 amide bonds. The normalized spacial score (nSPS) is 16.9. The first-order chi connectivity index (χ1) is 7.27. The topological polar surface area (TPSA) is 40.5 Å². The molecule has 1 aromatic carbocycles. The van der Waals surface area contributed by atoms with E-state index < -0.39 is 6.09 Å². The molecule has 1 aromatic rings. The van der Waals surface area contributed by atoms with Crippen molar-refractivity contribution in [1.29, 1.82) is 0 Å².